The topological polar surface area (TPSA) is 71.1 Å². The van der Waals surface area contributed by atoms with Crippen LogP contribution < -0.4 is 10.6 Å². The van der Waals surface area contributed by atoms with E-state index in [9.17, 15) is 9.59 Å². The summed E-state index contributed by atoms with van der Waals surface area (Å²) in [5.41, 5.74) is 2.74. The van der Waals surface area contributed by atoms with Crippen molar-refractivity contribution < 1.29 is 9.59 Å². The molecule has 0 aliphatic carbocycles. The molecule has 2 amide bonds. The van der Waals surface area contributed by atoms with Gasteiger partial charge in [0, 0.05) is 11.9 Å². The molecule has 2 aromatic rings. The van der Waals surface area contributed by atoms with E-state index in [0.29, 0.717) is 11.5 Å². The van der Waals surface area contributed by atoms with Crippen molar-refractivity contribution in [3.05, 3.63) is 53.7 Å². The van der Waals surface area contributed by atoms with Crippen molar-refractivity contribution >= 4 is 23.3 Å². The molecule has 0 saturated carbocycles. The zero-order valence-electron chi connectivity index (χ0n) is 12.0. The van der Waals surface area contributed by atoms with Crippen LogP contribution in [0.1, 0.15) is 18.1 Å². The molecule has 5 nitrogen and oxygen atoms in total. The number of rotatable bonds is 3. The van der Waals surface area contributed by atoms with Crippen LogP contribution in [0, 0.1) is 6.92 Å². The molecule has 1 aromatic carbocycles. The van der Waals surface area contributed by atoms with Crippen molar-refractivity contribution in [3.63, 3.8) is 0 Å². The molecule has 0 aliphatic heterocycles. The molecule has 1 aromatic heterocycles. The van der Waals surface area contributed by atoms with Crippen LogP contribution in [-0.4, -0.2) is 16.8 Å². The van der Waals surface area contributed by atoms with E-state index in [1.807, 2.05) is 25.1 Å². The molecular weight excluding hydrogens is 266 g/mol. The van der Waals surface area contributed by atoms with E-state index < -0.39 is 11.8 Å². The van der Waals surface area contributed by atoms with Gasteiger partial charge < -0.3 is 10.6 Å². The maximum absolute atomic E-state index is 11.8. The monoisotopic (exact) mass is 283 g/mol. The first-order valence-electron chi connectivity index (χ1n) is 6.72. The molecule has 0 radical (unpaired) electrons. The van der Waals surface area contributed by atoms with E-state index >= 15 is 0 Å². The molecule has 0 bridgehead atoms. The molecule has 21 heavy (non-hydrogen) atoms. The summed E-state index contributed by atoms with van der Waals surface area (Å²) in [6.45, 7) is 3.95. The maximum atomic E-state index is 11.8. The highest BCUT2D eigenvalue weighted by atomic mass is 16.2. The Hall–Kier alpha value is -2.69. The fourth-order valence-corrected chi connectivity index (χ4v) is 1.73. The van der Waals surface area contributed by atoms with Crippen molar-refractivity contribution in [1.82, 2.24) is 4.98 Å². The number of nitrogens with one attached hydrogen (secondary N) is 2. The van der Waals surface area contributed by atoms with Gasteiger partial charge in [-0.3, -0.25) is 9.59 Å². The quantitative estimate of drug-likeness (QED) is 0.850. The lowest BCUT2D eigenvalue weighted by atomic mass is 10.1. The van der Waals surface area contributed by atoms with Crippen molar-refractivity contribution in [2.75, 3.05) is 10.6 Å². The van der Waals surface area contributed by atoms with Crippen LogP contribution in [0.4, 0.5) is 11.5 Å². The van der Waals surface area contributed by atoms with Gasteiger partial charge >= 0.3 is 11.8 Å². The number of carbonyl (C=O) groups is 2. The number of hydrogen-bond acceptors (Lipinski definition) is 3. The third kappa shape index (κ3) is 4.14. The Morgan fingerprint density at radius 3 is 2.24 bits per heavy atom. The molecule has 0 atom stereocenters. The summed E-state index contributed by atoms with van der Waals surface area (Å²) < 4.78 is 0. The van der Waals surface area contributed by atoms with Gasteiger partial charge in [-0.05, 0) is 42.7 Å². The molecule has 0 spiro atoms. The van der Waals surface area contributed by atoms with Crippen molar-refractivity contribution in [1.29, 1.82) is 0 Å². The maximum Gasteiger partial charge on any atom is 0.315 e. The highest BCUT2D eigenvalue weighted by Gasteiger charge is 2.14. The van der Waals surface area contributed by atoms with Crippen LogP contribution in [0.3, 0.4) is 0 Å². The number of hydrogen-bond donors (Lipinski definition) is 2. The fourth-order valence-electron chi connectivity index (χ4n) is 1.73. The van der Waals surface area contributed by atoms with Crippen LogP contribution >= 0.6 is 0 Å². The predicted molar refractivity (Wildman–Crippen MR) is 82.1 cm³/mol. The van der Waals surface area contributed by atoms with Gasteiger partial charge in [-0.25, -0.2) is 4.98 Å². The molecular formula is C16H17N3O2. The molecule has 0 saturated heterocycles. The zero-order chi connectivity index (χ0) is 15.2. The average molecular weight is 283 g/mol. The number of anilines is 2. The van der Waals surface area contributed by atoms with Crippen LogP contribution in [0.15, 0.2) is 42.6 Å². The minimum atomic E-state index is -0.745. The molecule has 5 heteroatoms. The van der Waals surface area contributed by atoms with E-state index in [1.54, 1.807) is 24.4 Å². The summed E-state index contributed by atoms with van der Waals surface area (Å²) >= 11 is 0. The highest BCUT2D eigenvalue weighted by molar-refractivity contribution is 6.43. The van der Waals surface area contributed by atoms with Crippen LogP contribution in [0.25, 0.3) is 0 Å². The van der Waals surface area contributed by atoms with Gasteiger partial charge in [0.2, 0.25) is 0 Å². The number of carbonyl (C=O) groups excluding carboxylic acids is 2. The Kier molecular flexibility index (Phi) is 4.66. The molecule has 1 heterocycles. The lowest BCUT2D eigenvalue weighted by molar-refractivity contribution is -0.133. The second-order valence-corrected chi connectivity index (χ2v) is 4.68. The Labute approximate surface area is 123 Å². The Balaban J connectivity index is 1.95. The first kappa shape index (κ1) is 14.7. The Bertz CT molecular complexity index is 634. The summed E-state index contributed by atoms with van der Waals surface area (Å²) in [6, 6.07) is 10.8. The normalized spacial score (nSPS) is 10.0. The number of pyridine rings is 1. The molecule has 2 rings (SSSR count). The molecule has 108 valence electrons. The third-order valence-electron chi connectivity index (χ3n) is 2.98. The van der Waals surface area contributed by atoms with E-state index in [2.05, 4.69) is 22.5 Å². The first-order valence-corrected chi connectivity index (χ1v) is 6.72. The van der Waals surface area contributed by atoms with E-state index in [0.717, 1.165) is 12.0 Å². The molecule has 0 unspecified atom stereocenters. The van der Waals surface area contributed by atoms with Gasteiger partial charge in [0.15, 0.2) is 0 Å². The smallest absolute Gasteiger partial charge is 0.315 e. The fraction of sp³-hybridized carbons (Fsp3) is 0.188. The minimum Gasteiger partial charge on any atom is -0.318 e. The number of amides is 2. The number of aryl methyl sites for hydroxylation is 2. The summed E-state index contributed by atoms with van der Waals surface area (Å²) in [5, 5.41) is 5.00. The molecule has 0 aliphatic rings. The van der Waals surface area contributed by atoms with E-state index in [1.165, 1.54) is 5.56 Å². The second-order valence-electron chi connectivity index (χ2n) is 4.68. The van der Waals surface area contributed by atoms with E-state index in [4.69, 9.17) is 0 Å². The standard InChI is InChI=1S/C16H17N3O2/c1-3-12-5-7-13(8-6-12)18-15(20)16(21)19-14-9-4-11(2)10-17-14/h4-10H,3H2,1-2H3,(H,18,20)(H,17,19,21). The summed E-state index contributed by atoms with van der Waals surface area (Å²) in [4.78, 5) is 27.6. The van der Waals surface area contributed by atoms with Crippen LogP contribution in [-0.2, 0) is 16.0 Å². The van der Waals surface area contributed by atoms with Gasteiger partial charge in [-0.1, -0.05) is 25.1 Å². The largest absolute Gasteiger partial charge is 0.318 e. The van der Waals surface area contributed by atoms with Crippen LogP contribution in [0.5, 0.6) is 0 Å². The van der Waals surface area contributed by atoms with Gasteiger partial charge in [-0.2, -0.15) is 0 Å². The molecule has 2 N–H and O–H groups in total. The lowest BCUT2D eigenvalue weighted by Gasteiger charge is -2.06. The van der Waals surface area contributed by atoms with Gasteiger partial charge in [-0.15, -0.1) is 0 Å². The van der Waals surface area contributed by atoms with Crippen molar-refractivity contribution in [3.8, 4) is 0 Å². The van der Waals surface area contributed by atoms with Gasteiger partial charge in [0.1, 0.15) is 5.82 Å². The SMILES string of the molecule is CCc1ccc(NC(=O)C(=O)Nc2ccc(C)cn2)cc1. The predicted octanol–water partition coefficient (Wildman–Crippen LogP) is 2.53. The molecule has 0 fully saturated rings. The first-order chi connectivity index (χ1) is 10.1. The Morgan fingerprint density at radius 2 is 1.67 bits per heavy atom. The van der Waals surface area contributed by atoms with Crippen molar-refractivity contribution in [2.45, 2.75) is 20.3 Å². The highest BCUT2D eigenvalue weighted by Crippen LogP contribution is 2.10. The lowest BCUT2D eigenvalue weighted by Crippen LogP contribution is -2.29. The zero-order valence-corrected chi connectivity index (χ0v) is 12.0. The van der Waals surface area contributed by atoms with Gasteiger partial charge in [0.05, 0.1) is 0 Å². The van der Waals surface area contributed by atoms with Gasteiger partial charge in [0.25, 0.3) is 0 Å². The van der Waals surface area contributed by atoms with Crippen molar-refractivity contribution in [2.24, 2.45) is 0 Å². The van der Waals surface area contributed by atoms with Crippen LogP contribution in [0.2, 0.25) is 0 Å². The average Bonchev–Trinajstić information content (AvgIpc) is 2.50. The van der Waals surface area contributed by atoms with E-state index in [-0.39, 0.29) is 0 Å². The Morgan fingerprint density at radius 1 is 1.00 bits per heavy atom. The third-order valence-corrected chi connectivity index (χ3v) is 2.98. The summed E-state index contributed by atoms with van der Waals surface area (Å²) in [6.07, 6.45) is 2.55. The second kappa shape index (κ2) is 6.65. The number of aromatic nitrogens is 1. The minimum absolute atomic E-state index is 0.349. The summed E-state index contributed by atoms with van der Waals surface area (Å²) in [5.74, 6) is -1.12. The number of nitrogens with zero attached hydrogens (tertiary/aromatic N) is 1. The number of benzene rings is 1. The summed E-state index contributed by atoms with van der Waals surface area (Å²) in [7, 11) is 0.